The number of guanidine groups is 1. The molecule has 0 bridgehead atoms. The highest BCUT2D eigenvalue weighted by molar-refractivity contribution is 5.80. The minimum absolute atomic E-state index is 0.0717. The summed E-state index contributed by atoms with van der Waals surface area (Å²) < 4.78 is 38.5. The van der Waals surface area contributed by atoms with Crippen molar-refractivity contribution in [3.05, 3.63) is 0 Å². The Morgan fingerprint density at radius 2 is 1.88 bits per heavy atom. The van der Waals surface area contributed by atoms with E-state index in [-0.39, 0.29) is 5.91 Å². The van der Waals surface area contributed by atoms with Crippen molar-refractivity contribution in [1.82, 2.24) is 20.4 Å². The zero-order valence-electron chi connectivity index (χ0n) is 15.6. The van der Waals surface area contributed by atoms with E-state index in [0.717, 1.165) is 18.8 Å². The number of nitrogens with one attached hydrogen (secondary N) is 2. The fraction of sp³-hybridized carbons (Fsp3) is 0.882. The summed E-state index contributed by atoms with van der Waals surface area (Å²) in [4.78, 5) is 19.7. The molecule has 2 aliphatic rings. The first kappa shape index (κ1) is 20.8. The molecule has 1 aliphatic heterocycles. The maximum Gasteiger partial charge on any atom is 0.403 e. The number of hydrogen-bond donors (Lipinski definition) is 2. The molecular weight excluding hydrogens is 347 g/mol. The lowest BCUT2D eigenvalue weighted by Crippen LogP contribution is -2.56. The van der Waals surface area contributed by atoms with Crippen molar-refractivity contribution in [1.29, 1.82) is 0 Å². The van der Waals surface area contributed by atoms with Gasteiger partial charge in [-0.15, -0.1) is 0 Å². The number of aliphatic imine (C=N–C) groups is 1. The van der Waals surface area contributed by atoms with Gasteiger partial charge in [0.15, 0.2) is 5.96 Å². The molecule has 1 unspecified atom stereocenters. The molecule has 150 valence electrons. The molecule has 0 radical (unpaired) electrons. The Morgan fingerprint density at radius 1 is 1.23 bits per heavy atom. The Labute approximate surface area is 153 Å². The van der Waals surface area contributed by atoms with E-state index in [1.165, 1.54) is 11.8 Å². The van der Waals surface area contributed by atoms with E-state index in [1.807, 2.05) is 11.8 Å². The van der Waals surface area contributed by atoms with Gasteiger partial charge in [-0.3, -0.25) is 14.7 Å². The molecule has 1 aliphatic carbocycles. The van der Waals surface area contributed by atoms with Gasteiger partial charge >= 0.3 is 6.18 Å². The van der Waals surface area contributed by atoms with E-state index in [1.54, 1.807) is 0 Å². The van der Waals surface area contributed by atoms with Crippen molar-refractivity contribution < 1.29 is 18.0 Å². The number of piperazine rings is 1. The van der Waals surface area contributed by atoms with Crippen LogP contribution in [-0.2, 0) is 4.79 Å². The molecule has 0 spiro atoms. The second kappa shape index (κ2) is 9.43. The van der Waals surface area contributed by atoms with Crippen LogP contribution in [0.4, 0.5) is 13.2 Å². The van der Waals surface area contributed by atoms with E-state index in [9.17, 15) is 18.0 Å². The zero-order chi connectivity index (χ0) is 19.2. The molecule has 1 amide bonds. The fourth-order valence-corrected chi connectivity index (χ4v) is 2.91. The van der Waals surface area contributed by atoms with Gasteiger partial charge in [0.25, 0.3) is 0 Å². The summed E-state index contributed by atoms with van der Waals surface area (Å²) in [6.07, 6.45) is -0.919. The van der Waals surface area contributed by atoms with E-state index in [2.05, 4.69) is 15.6 Å². The SMILES string of the molecule is CCNC(=NCCCC(=O)NC1CC1)N1CCN(C(C)C(F)(F)F)CC1. The molecule has 1 saturated heterocycles. The van der Waals surface area contributed by atoms with Gasteiger partial charge in [-0.25, -0.2) is 0 Å². The molecule has 1 heterocycles. The van der Waals surface area contributed by atoms with E-state index >= 15 is 0 Å². The summed E-state index contributed by atoms with van der Waals surface area (Å²) in [5.74, 6) is 0.789. The molecule has 1 saturated carbocycles. The molecule has 6 nitrogen and oxygen atoms in total. The van der Waals surface area contributed by atoms with Crippen molar-refractivity contribution in [2.75, 3.05) is 39.3 Å². The van der Waals surface area contributed by atoms with Gasteiger partial charge in [0, 0.05) is 51.7 Å². The normalized spacial score (nSPS) is 20.8. The lowest BCUT2D eigenvalue weighted by atomic mass is 10.2. The largest absolute Gasteiger partial charge is 0.403 e. The van der Waals surface area contributed by atoms with Crippen molar-refractivity contribution in [3.63, 3.8) is 0 Å². The molecule has 0 aromatic carbocycles. The highest BCUT2D eigenvalue weighted by Gasteiger charge is 2.41. The van der Waals surface area contributed by atoms with Crippen LogP contribution < -0.4 is 10.6 Å². The topological polar surface area (TPSA) is 60.0 Å². The number of halogens is 3. The first-order valence-electron chi connectivity index (χ1n) is 9.44. The Balaban J connectivity index is 1.76. The zero-order valence-corrected chi connectivity index (χ0v) is 15.6. The van der Waals surface area contributed by atoms with Gasteiger partial charge in [0.05, 0.1) is 0 Å². The quantitative estimate of drug-likeness (QED) is 0.402. The van der Waals surface area contributed by atoms with Crippen LogP contribution in [0.1, 0.15) is 39.5 Å². The first-order chi connectivity index (χ1) is 12.3. The second-order valence-electron chi connectivity index (χ2n) is 6.92. The lowest BCUT2D eigenvalue weighted by Gasteiger charge is -2.39. The number of nitrogens with zero attached hydrogens (tertiary/aromatic N) is 3. The van der Waals surface area contributed by atoms with Gasteiger partial charge in [-0.05, 0) is 33.1 Å². The van der Waals surface area contributed by atoms with Crippen LogP contribution in [0.3, 0.4) is 0 Å². The van der Waals surface area contributed by atoms with E-state index < -0.39 is 12.2 Å². The molecule has 2 N–H and O–H groups in total. The molecule has 9 heteroatoms. The van der Waals surface area contributed by atoms with Gasteiger partial charge in [-0.1, -0.05) is 0 Å². The minimum Gasteiger partial charge on any atom is -0.357 e. The third kappa shape index (κ3) is 6.66. The smallest absolute Gasteiger partial charge is 0.357 e. The number of carbonyl (C=O) groups excluding carboxylic acids is 1. The van der Waals surface area contributed by atoms with Crippen molar-refractivity contribution in [2.45, 2.75) is 57.8 Å². The number of rotatable bonds is 7. The predicted octanol–water partition coefficient (Wildman–Crippen LogP) is 1.58. The maximum atomic E-state index is 12.8. The Morgan fingerprint density at radius 3 is 2.42 bits per heavy atom. The molecule has 2 rings (SSSR count). The molecule has 1 atom stereocenters. The predicted molar refractivity (Wildman–Crippen MR) is 95.0 cm³/mol. The lowest BCUT2D eigenvalue weighted by molar-refractivity contribution is -0.181. The third-order valence-electron chi connectivity index (χ3n) is 4.74. The fourth-order valence-electron chi connectivity index (χ4n) is 2.91. The molecule has 0 aromatic rings. The monoisotopic (exact) mass is 377 g/mol. The van der Waals surface area contributed by atoms with Crippen LogP contribution in [0.15, 0.2) is 4.99 Å². The van der Waals surface area contributed by atoms with Crippen LogP contribution in [0.2, 0.25) is 0 Å². The van der Waals surface area contributed by atoms with Crippen molar-refractivity contribution >= 4 is 11.9 Å². The first-order valence-corrected chi connectivity index (χ1v) is 9.44. The summed E-state index contributed by atoms with van der Waals surface area (Å²) in [5, 5.41) is 6.14. The van der Waals surface area contributed by atoms with E-state index in [4.69, 9.17) is 0 Å². The van der Waals surface area contributed by atoms with Crippen LogP contribution in [0.5, 0.6) is 0 Å². The van der Waals surface area contributed by atoms with Crippen molar-refractivity contribution in [3.8, 4) is 0 Å². The van der Waals surface area contributed by atoms with Gasteiger partial charge < -0.3 is 15.5 Å². The van der Waals surface area contributed by atoms with Gasteiger partial charge in [0.1, 0.15) is 6.04 Å². The molecule has 2 fully saturated rings. The summed E-state index contributed by atoms with van der Waals surface area (Å²) in [7, 11) is 0. The number of alkyl halides is 3. The minimum atomic E-state index is -4.19. The summed E-state index contributed by atoms with van der Waals surface area (Å²) in [6, 6.07) is -1.05. The van der Waals surface area contributed by atoms with Gasteiger partial charge in [0.2, 0.25) is 5.91 Å². The second-order valence-corrected chi connectivity index (χ2v) is 6.92. The number of hydrogen-bond acceptors (Lipinski definition) is 3. The maximum absolute atomic E-state index is 12.8. The summed E-state index contributed by atoms with van der Waals surface area (Å²) in [5.41, 5.74) is 0. The average Bonchev–Trinajstić information content (AvgIpc) is 3.40. The van der Waals surface area contributed by atoms with Crippen LogP contribution in [0, 0.1) is 0 Å². The Kier molecular flexibility index (Phi) is 7.55. The highest BCUT2D eigenvalue weighted by atomic mass is 19.4. The third-order valence-corrected chi connectivity index (χ3v) is 4.74. The number of amides is 1. The molecule has 0 aromatic heterocycles. The highest BCUT2D eigenvalue weighted by Crippen LogP contribution is 2.25. The van der Waals surface area contributed by atoms with Crippen LogP contribution in [-0.4, -0.2) is 79.2 Å². The molecular formula is C17H30F3N5O. The Bertz CT molecular complexity index is 485. The average molecular weight is 377 g/mol. The van der Waals surface area contributed by atoms with Crippen LogP contribution >= 0.6 is 0 Å². The van der Waals surface area contributed by atoms with E-state index in [0.29, 0.717) is 58.2 Å². The summed E-state index contributed by atoms with van der Waals surface area (Å²) in [6.45, 7) is 6.12. The summed E-state index contributed by atoms with van der Waals surface area (Å²) >= 11 is 0. The van der Waals surface area contributed by atoms with Gasteiger partial charge in [-0.2, -0.15) is 13.2 Å². The standard InChI is InChI=1S/C17H30F3N5O/c1-3-21-16(22-8-4-5-15(26)23-14-6-7-14)25-11-9-24(10-12-25)13(2)17(18,19)20/h13-14H,3-12H2,1-2H3,(H,21,22)(H,23,26). The van der Waals surface area contributed by atoms with Crippen LogP contribution in [0.25, 0.3) is 0 Å². The molecule has 26 heavy (non-hydrogen) atoms. The Hall–Kier alpha value is -1.51. The number of carbonyl (C=O) groups is 1. The van der Waals surface area contributed by atoms with Crippen molar-refractivity contribution in [2.24, 2.45) is 4.99 Å².